The monoisotopic (exact) mass is 433 g/mol. The van der Waals surface area contributed by atoms with Gasteiger partial charge in [0.2, 0.25) is 17.5 Å². The Labute approximate surface area is 173 Å². The Balaban J connectivity index is 1.92. The van der Waals surface area contributed by atoms with Crippen molar-refractivity contribution >= 4 is 11.0 Å². The second kappa shape index (κ2) is 7.63. The van der Waals surface area contributed by atoms with Gasteiger partial charge in [-0.05, 0) is 6.07 Å². The van der Waals surface area contributed by atoms with Gasteiger partial charge in [0.05, 0.1) is 6.61 Å². The first-order valence-corrected chi connectivity index (χ1v) is 9.03. The summed E-state index contributed by atoms with van der Waals surface area (Å²) in [4.78, 5) is 13.1. The minimum Gasteiger partial charge on any atom is -0.870 e. The standard InChI is InChI=1S/C20H18O11/c21-8-4-11(24)14-13(5-8)30-18(7-1-2-9(22)10(23)3-7)19(16(14)27)31-20-17(28)15(26)12(25)6-29-20/h1-5,12,15,17,20-26,28H,6H2/p-1/t12-,15+,17-,20+/m1/s1. The molecule has 0 aliphatic carbocycles. The maximum Gasteiger partial charge on any atom is 0.239 e. The molecule has 1 aromatic heterocycles. The van der Waals surface area contributed by atoms with Crippen LogP contribution in [0.5, 0.6) is 28.7 Å². The Hall–Kier alpha value is -3.51. The second-order valence-electron chi connectivity index (χ2n) is 6.98. The molecule has 31 heavy (non-hydrogen) atoms. The molecule has 1 aliphatic rings. The van der Waals surface area contributed by atoms with Crippen molar-refractivity contribution in [1.82, 2.24) is 0 Å². The Bertz CT molecular complexity index is 1200. The molecule has 11 heteroatoms. The largest absolute Gasteiger partial charge is 0.870 e. The predicted molar refractivity (Wildman–Crippen MR) is 101 cm³/mol. The fraction of sp³-hybridized carbons (Fsp3) is 0.250. The van der Waals surface area contributed by atoms with Crippen molar-refractivity contribution in [3.63, 3.8) is 0 Å². The summed E-state index contributed by atoms with van der Waals surface area (Å²) in [6, 6.07) is 5.24. The highest BCUT2D eigenvalue weighted by molar-refractivity contribution is 5.88. The topological polar surface area (TPSA) is 193 Å². The number of hydrogen-bond donors (Lipinski definition) is 6. The number of benzene rings is 2. The summed E-state index contributed by atoms with van der Waals surface area (Å²) in [5, 5.41) is 70.4. The number of phenolic OH excluding ortho intramolecular Hbond substituents is 3. The molecule has 3 aromatic rings. The molecule has 4 rings (SSSR count). The van der Waals surface area contributed by atoms with Crippen LogP contribution < -0.4 is 15.3 Å². The van der Waals surface area contributed by atoms with Crippen molar-refractivity contribution in [2.45, 2.75) is 24.6 Å². The van der Waals surface area contributed by atoms with Crippen LogP contribution in [0.3, 0.4) is 0 Å². The highest BCUT2D eigenvalue weighted by Gasteiger charge is 2.40. The Kier molecular flexibility index (Phi) is 5.11. The number of rotatable bonds is 3. The van der Waals surface area contributed by atoms with E-state index in [2.05, 4.69) is 0 Å². The average Bonchev–Trinajstić information content (AvgIpc) is 2.71. The van der Waals surface area contributed by atoms with Crippen molar-refractivity contribution in [3.05, 3.63) is 40.6 Å². The van der Waals surface area contributed by atoms with Gasteiger partial charge in [-0.2, -0.15) is 0 Å². The van der Waals surface area contributed by atoms with Crippen LogP contribution in [0.25, 0.3) is 22.3 Å². The van der Waals surface area contributed by atoms with E-state index in [0.29, 0.717) is 0 Å². The van der Waals surface area contributed by atoms with Gasteiger partial charge in [0.25, 0.3) is 0 Å². The molecule has 2 aromatic carbocycles. The lowest BCUT2D eigenvalue weighted by Gasteiger charge is -2.34. The summed E-state index contributed by atoms with van der Waals surface area (Å²) < 4.78 is 16.3. The van der Waals surface area contributed by atoms with E-state index >= 15 is 0 Å². The zero-order valence-corrected chi connectivity index (χ0v) is 15.6. The van der Waals surface area contributed by atoms with Gasteiger partial charge < -0.3 is 49.6 Å². The van der Waals surface area contributed by atoms with Gasteiger partial charge in [-0.3, -0.25) is 4.79 Å². The molecule has 1 fully saturated rings. The van der Waals surface area contributed by atoms with Crippen molar-refractivity contribution in [2.24, 2.45) is 0 Å². The van der Waals surface area contributed by atoms with E-state index < -0.39 is 65.4 Å². The van der Waals surface area contributed by atoms with E-state index in [-0.39, 0.29) is 22.3 Å². The Morgan fingerprint density at radius 3 is 2.45 bits per heavy atom. The van der Waals surface area contributed by atoms with Crippen LogP contribution in [0.15, 0.2) is 39.5 Å². The van der Waals surface area contributed by atoms with E-state index in [0.717, 1.165) is 24.3 Å². The predicted octanol–water partition coefficient (Wildman–Crippen LogP) is -0.532. The van der Waals surface area contributed by atoms with Crippen LogP contribution in [-0.2, 0) is 4.74 Å². The number of phenols is 3. The van der Waals surface area contributed by atoms with Crippen LogP contribution in [0, 0.1) is 0 Å². The van der Waals surface area contributed by atoms with Crippen LogP contribution in [0.2, 0.25) is 0 Å². The van der Waals surface area contributed by atoms with Crippen molar-refractivity contribution in [1.29, 1.82) is 0 Å². The molecule has 0 spiro atoms. The molecule has 1 aliphatic heterocycles. The van der Waals surface area contributed by atoms with Gasteiger partial charge in [0.1, 0.15) is 46.5 Å². The number of fused-ring (bicyclic) bond motifs is 1. The Morgan fingerprint density at radius 1 is 1.00 bits per heavy atom. The number of aromatic hydroxyl groups is 3. The highest BCUT2D eigenvalue weighted by atomic mass is 16.7. The van der Waals surface area contributed by atoms with E-state index in [1.54, 1.807) is 0 Å². The SMILES string of the molecule is O=c1c(O[C@@H]2OC[C@@H](O)[C@H](O)[C@H]2O)c(-c2ccc([O-])c(O)c2)oc2cc(O)cc(O)c12. The fourth-order valence-electron chi connectivity index (χ4n) is 3.22. The summed E-state index contributed by atoms with van der Waals surface area (Å²) in [7, 11) is 0. The van der Waals surface area contributed by atoms with Gasteiger partial charge in [-0.15, -0.1) is 0 Å². The number of aliphatic hydroxyl groups excluding tert-OH is 3. The lowest BCUT2D eigenvalue weighted by Crippen LogP contribution is -2.55. The van der Waals surface area contributed by atoms with Crippen molar-refractivity contribution < 1.29 is 49.6 Å². The van der Waals surface area contributed by atoms with Crippen LogP contribution >= 0.6 is 0 Å². The summed E-state index contributed by atoms with van der Waals surface area (Å²) in [5.74, 6) is -3.22. The van der Waals surface area contributed by atoms with E-state index in [9.17, 15) is 40.5 Å². The summed E-state index contributed by atoms with van der Waals surface area (Å²) in [5.41, 5.74) is -1.12. The lowest BCUT2D eigenvalue weighted by molar-refractivity contribution is -0.270. The first kappa shape index (κ1) is 20.8. The molecule has 4 atom stereocenters. The lowest BCUT2D eigenvalue weighted by atomic mass is 10.1. The Morgan fingerprint density at radius 2 is 1.74 bits per heavy atom. The molecule has 0 radical (unpaired) electrons. The zero-order chi connectivity index (χ0) is 22.4. The van der Waals surface area contributed by atoms with Gasteiger partial charge in [0, 0.05) is 17.7 Å². The van der Waals surface area contributed by atoms with Crippen LogP contribution in [0.4, 0.5) is 0 Å². The van der Waals surface area contributed by atoms with Crippen LogP contribution in [-0.4, -0.2) is 61.8 Å². The number of aliphatic hydroxyl groups is 3. The molecular formula is C20H17O11-. The third-order valence-corrected chi connectivity index (χ3v) is 4.83. The zero-order valence-electron chi connectivity index (χ0n) is 15.6. The summed E-state index contributed by atoms with van der Waals surface area (Å²) >= 11 is 0. The minimum absolute atomic E-state index is 0.0276. The minimum atomic E-state index is -1.74. The maximum absolute atomic E-state index is 13.1. The third-order valence-electron chi connectivity index (χ3n) is 4.83. The van der Waals surface area contributed by atoms with Gasteiger partial charge >= 0.3 is 0 Å². The average molecular weight is 433 g/mol. The summed E-state index contributed by atoms with van der Waals surface area (Å²) in [6.07, 6.45) is -6.33. The number of hydrogen-bond acceptors (Lipinski definition) is 11. The smallest absolute Gasteiger partial charge is 0.239 e. The molecule has 11 nitrogen and oxygen atoms in total. The first-order valence-electron chi connectivity index (χ1n) is 9.03. The van der Waals surface area contributed by atoms with Gasteiger partial charge in [-0.1, -0.05) is 17.9 Å². The third kappa shape index (κ3) is 3.59. The number of ether oxygens (including phenoxy) is 2. The van der Waals surface area contributed by atoms with E-state index in [4.69, 9.17) is 13.9 Å². The molecule has 0 amide bonds. The molecule has 2 heterocycles. The molecule has 164 valence electrons. The molecule has 0 unspecified atom stereocenters. The van der Waals surface area contributed by atoms with Gasteiger partial charge in [-0.25, -0.2) is 0 Å². The first-order chi connectivity index (χ1) is 14.7. The van der Waals surface area contributed by atoms with E-state index in [1.807, 2.05) is 0 Å². The fourth-order valence-corrected chi connectivity index (χ4v) is 3.22. The highest BCUT2D eigenvalue weighted by Crippen LogP contribution is 2.38. The normalized spacial score (nSPS) is 23.7. The maximum atomic E-state index is 13.1. The quantitative estimate of drug-likeness (QED) is 0.311. The molecule has 1 saturated heterocycles. The second-order valence-corrected chi connectivity index (χ2v) is 6.98. The van der Waals surface area contributed by atoms with Gasteiger partial charge in [0.15, 0.2) is 5.76 Å². The molecule has 6 N–H and O–H groups in total. The van der Waals surface area contributed by atoms with E-state index in [1.165, 1.54) is 6.07 Å². The van der Waals surface area contributed by atoms with Crippen molar-refractivity contribution in [3.8, 4) is 40.1 Å². The van der Waals surface area contributed by atoms with Crippen LogP contribution in [0.1, 0.15) is 0 Å². The molecular weight excluding hydrogens is 416 g/mol. The summed E-state index contributed by atoms with van der Waals surface area (Å²) in [6.45, 7) is -0.401. The van der Waals surface area contributed by atoms with Crippen molar-refractivity contribution in [2.75, 3.05) is 6.61 Å². The molecule has 0 saturated carbocycles. The molecule has 0 bridgehead atoms.